The lowest BCUT2D eigenvalue weighted by molar-refractivity contribution is -0.139. The zero-order valence-electron chi connectivity index (χ0n) is 19.7. The maximum atomic E-state index is 13.1. The van der Waals surface area contributed by atoms with Gasteiger partial charge < -0.3 is 19.8 Å². The fourth-order valence-electron chi connectivity index (χ4n) is 4.32. The lowest BCUT2D eigenvalue weighted by Gasteiger charge is -2.31. The number of hydrazine groups is 1. The van der Waals surface area contributed by atoms with Gasteiger partial charge in [0.25, 0.3) is 11.8 Å². The Bertz CT molecular complexity index is 1100. The first-order chi connectivity index (χ1) is 16.8. The number of furan rings is 1. The van der Waals surface area contributed by atoms with Gasteiger partial charge in [-0.05, 0) is 62.7 Å². The van der Waals surface area contributed by atoms with Crippen molar-refractivity contribution in [2.75, 3.05) is 26.7 Å². The van der Waals surface area contributed by atoms with E-state index in [2.05, 4.69) is 16.1 Å². The number of hydrogen-bond donors (Lipinski definition) is 3. The molecule has 0 radical (unpaired) electrons. The summed E-state index contributed by atoms with van der Waals surface area (Å²) >= 11 is 0. The van der Waals surface area contributed by atoms with Crippen molar-refractivity contribution in [1.82, 2.24) is 26.0 Å². The molecule has 2 fully saturated rings. The largest absolute Gasteiger partial charge is 0.497 e. The third kappa shape index (κ3) is 5.29. The van der Waals surface area contributed by atoms with Crippen LogP contribution in [0.3, 0.4) is 0 Å². The van der Waals surface area contributed by atoms with Crippen LogP contribution in [0.5, 0.6) is 5.75 Å². The normalized spacial score (nSPS) is 21.0. The summed E-state index contributed by atoms with van der Waals surface area (Å²) in [6.07, 6.45) is 2.77. The molecule has 1 aromatic carbocycles. The van der Waals surface area contributed by atoms with E-state index in [1.165, 1.54) is 7.11 Å². The van der Waals surface area contributed by atoms with Gasteiger partial charge in [0, 0.05) is 5.92 Å². The molecule has 4 rings (SSSR count). The third-order valence-electron chi connectivity index (χ3n) is 6.42. The van der Waals surface area contributed by atoms with Crippen LogP contribution in [-0.4, -0.2) is 60.4 Å². The Morgan fingerprint density at radius 1 is 1.20 bits per heavy atom. The number of methoxy groups -OCH3 is 1. The zero-order chi connectivity index (χ0) is 25.0. The molecule has 11 nitrogen and oxygen atoms in total. The highest BCUT2D eigenvalue weighted by atomic mass is 16.5. The van der Waals surface area contributed by atoms with Crippen LogP contribution in [0, 0.1) is 5.92 Å². The fraction of sp³-hybridized carbons (Fsp3) is 0.417. The topological polar surface area (TPSA) is 133 Å². The van der Waals surface area contributed by atoms with Crippen molar-refractivity contribution in [3.63, 3.8) is 0 Å². The van der Waals surface area contributed by atoms with E-state index in [1.54, 1.807) is 49.6 Å². The summed E-state index contributed by atoms with van der Waals surface area (Å²) in [6.45, 7) is 3.03. The summed E-state index contributed by atoms with van der Waals surface area (Å²) < 4.78 is 10.4. The highest BCUT2D eigenvalue weighted by Crippen LogP contribution is 2.30. The van der Waals surface area contributed by atoms with Crippen molar-refractivity contribution in [2.45, 2.75) is 31.8 Å². The Labute approximate surface area is 202 Å². The smallest absolute Gasteiger partial charge is 0.344 e. The summed E-state index contributed by atoms with van der Waals surface area (Å²) in [5, 5.41) is 6.24. The number of hydrogen-bond acceptors (Lipinski definition) is 7. The minimum Gasteiger partial charge on any atom is -0.497 e. The molecule has 1 unspecified atom stereocenters. The van der Waals surface area contributed by atoms with Crippen LogP contribution >= 0.6 is 0 Å². The third-order valence-corrected chi connectivity index (χ3v) is 6.42. The summed E-state index contributed by atoms with van der Waals surface area (Å²) in [4.78, 5) is 52.5. The molecule has 0 spiro atoms. The second-order valence-electron chi connectivity index (χ2n) is 8.81. The van der Waals surface area contributed by atoms with Gasteiger partial charge in [0.05, 0.1) is 26.5 Å². The predicted molar refractivity (Wildman–Crippen MR) is 124 cm³/mol. The number of carbonyl (C=O) groups is 4. The van der Waals surface area contributed by atoms with Crippen LogP contribution in [-0.2, 0) is 26.5 Å². The van der Waals surface area contributed by atoms with Gasteiger partial charge >= 0.3 is 6.03 Å². The first kappa shape index (κ1) is 24.3. The number of imide groups is 1. The van der Waals surface area contributed by atoms with Crippen LogP contribution in [0.25, 0.3) is 0 Å². The molecule has 11 heteroatoms. The Hall–Kier alpha value is -3.86. The Morgan fingerprint density at radius 3 is 2.66 bits per heavy atom. The Kier molecular flexibility index (Phi) is 7.06. The molecule has 1 atom stereocenters. The highest BCUT2D eigenvalue weighted by molar-refractivity contribution is 6.08. The maximum Gasteiger partial charge on any atom is 0.344 e. The number of benzene rings is 1. The molecule has 2 aliphatic heterocycles. The molecule has 5 amide bonds. The molecular weight excluding hydrogens is 454 g/mol. The molecule has 0 bridgehead atoms. The van der Waals surface area contributed by atoms with E-state index in [9.17, 15) is 19.2 Å². The average Bonchev–Trinajstić information content (AvgIpc) is 3.46. The molecule has 3 N–H and O–H groups in total. The highest BCUT2D eigenvalue weighted by Gasteiger charge is 2.50. The van der Waals surface area contributed by atoms with E-state index < -0.39 is 23.4 Å². The van der Waals surface area contributed by atoms with Crippen molar-refractivity contribution < 1.29 is 28.3 Å². The van der Waals surface area contributed by atoms with E-state index in [-0.39, 0.29) is 18.4 Å². The van der Waals surface area contributed by atoms with Gasteiger partial charge in [0.1, 0.15) is 17.0 Å². The number of ether oxygens (including phenoxy) is 1. The quantitative estimate of drug-likeness (QED) is 0.479. The van der Waals surface area contributed by atoms with Gasteiger partial charge in [-0.1, -0.05) is 12.1 Å². The van der Waals surface area contributed by atoms with Gasteiger partial charge in [0.2, 0.25) is 5.91 Å². The summed E-state index contributed by atoms with van der Waals surface area (Å²) in [7, 11) is 1.51. The second-order valence-corrected chi connectivity index (χ2v) is 8.81. The van der Waals surface area contributed by atoms with Gasteiger partial charge in [-0.25, -0.2) is 4.79 Å². The zero-order valence-corrected chi connectivity index (χ0v) is 19.7. The Morgan fingerprint density at radius 2 is 1.97 bits per heavy atom. The molecule has 1 aromatic heterocycles. The van der Waals surface area contributed by atoms with Crippen molar-refractivity contribution in [2.24, 2.45) is 5.92 Å². The van der Waals surface area contributed by atoms with Gasteiger partial charge in [-0.2, -0.15) is 5.01 Å². The van der Waals surface area contributed by atoms with Crippen LogP contribution in [0.15, 0.2) is 47.1 Å². The SMILES string of the molecule is COc1cccc(C2(C)NC(=O)N(NC(=O)CN3CCC(C(=O)NCc4ccco4)CC3)C2=O)c1. The fourth-order valence-corrected chi connectivity index (χ4v) is 4.32. The first-order valence-electron chi connectivity index (χ1n) is 11.4. The number of nitrogens with zero attached hydrogens (tertiary/aromatic N) is 2. The van der Waals surface area contributed by atoms with E-state index in [0.717, 1.165) is 5.01 Å². The van der Waals surface area contributed by atoms with Crippen LogP contribution in [0.2, 0.25) is 0 Å². The molecule has 0 saturated carbocycles. The lowest BCUT2D eigenvalue weighted by Crippen LogP contribution is -2.51. The minimum absolute atomic E-state index is 0.00761. The van der Waals surface area contributed by atoms with Crippen LogP contribution < -0.4 is 20.8 Å². The molecule has 186 valence electrons. The first-order valence-corrected chi connectivity index (χ1v) is 11.4. The summed E-state index contributed by atoms with van der Waals surface area (Å²) in [5.41, 5.74) is 1.63. The van der Waals surface area contributed by atoms with Crippen molar-refractivity contribution in [1.29, 1.82) is 0 Å². The summed E-state index contributed by atoms with van der Waals surface area (Å²) in [6, 6.07) is 9.69. The number of urea groups is 1. The molecule has 3 heterocycles. The van der Waals surface area contributed by atoms with Crippen LogP contribution in [0.4, 0.5) is 4.79 Å². The molecule has 0 aliphatic carbocycles. The molecule has 2 aromatic rings. The van der Waals surface area contributed by atoms with Crippen molar-refractivity contribution in [3.05, 3.63) is 54.0 Å². The number of nitrogens with one attached hydrogen (secondary N) is 3. The standard InChI is InChI=1S/C24H29N5O6/c1-24(17-5-3-6-18(13-17)34-2)22(32)29(23(33)26-24)27-20(30)15-28-10-8-16(9-11-28)21(31)25-14-19-7-4-12-35-19/h3-7,12-13,16H,8-11,14-15H2,1-2H3,(H,25,31)(H,26,33)(H,27,30). The molecule has 2 aliphatic rings. The van der Waals surface area contributed by atoms with Crippen molar-refractivity contribution >= 4 is 23.8 Å². The number of piperidine rings is 1. The number of likely N-dealkylation sites (tertiary alicyclic amines) is 1. The number of carbonyl (C=O) groups excluding carboxylic acids is 4. The monoisotopic (exact) mass is 483 g/mol. The van der Waals surface area contributed by atoms with Gasteiger partial charge in [0.15, 0.2) is 0 Å². The number of rotatable bonds is 8. The van der Waals surface area contributed by atoms with E-state index >= 15 is 0 Å². The van der Waals surface area contributed by atoms with E-state index in [4.69, 9.17) is 9.15 Å². The van der Waals surface area contributed by atoms with Crippen molar-refractivity contribution in [3.8, 4) is 5.75 Å². The van der Waals surface area contributed by atoms with Gasteiger partial charge in [-0.15, -0.1) is 0 Å². The van der Waals surface area contributed by atoms with Crippen LogP contribution in [0.1, 0.15) is 31.1 Å². The molecule has 35 heavy (non-hydrogen) atoms. The minimum atomic E-state index is -1.33. The summed E-state index contributed by atoms with van der Waals surface area (Å²) in [5.74, 6) is -0.0117. The van der Waals surface area contributed by atoms with E-state index in [0.29, 0.717) is 49.5 Å². The molecule has 2 saturated heterocycles. The molecular formula is C24H29N5O6. The number of amides is 5. The Balaban J connectivity index is 1.27. The average molecular weight is 484 g/mol. The second kappa shape index (κ2) is 10.2. The maximum absolute atomic E-state index is 13.1. The van der Waals surface area contributed by atoms with Gasteiger partial charge in [-0.3, -0.25) is 24.7 Å². The predicted octanol–water partition coefficient (Wildman–Crippen LogP) is 1.11. The lowest BCUT2D eigenvalue weighted by atomic mass is 9.92. The van der Waals surface area contributed by atoms with E-state index in [1.807, 2.05) is 4.90 Å².